The lowest BCUT2D eigenvalue weighted by Gasteiger charge is -2.30. The van der Waals surface area contributed by atoms with Crippen molar-refractivity contribution in [1.29, 1.82) is 0 Å². The van der Waals surface area contributed by atoms with Crippen LogP contribution >= 0.6 is 24.0 Å². The van der Waals surface area contributed by atoms with Gasteiger partial charge < -0.3 is 15.0 Å². The molecular weight excluding hydrogens is 292 g/mol. The summed E-state index contributed by atoms with van der Waals surface area (Å²) in [6.07, 6.45) is 1.91. The molecule has 2 saturated heterocycles. The molecule has 3 rings (SSSR count). The number of thioether (sulfide) groups is 1. The Kier molecular flexibility index (Phi) is 4.05. The van der Waals surface area contributed by atoms with Crippen LogP contribution in [0.25, 0.3) is 6.08 Å². The van der Waals surface area contributed by atoms with Crippen LogP contribution in [-0.4, -0.2) is 36.5 Å². The Bertz CT molecular complexity index is 580. The van der Waals surface area contributed by atoms with Crippen LogP contribution in [0.15, 0.2) is 29.2 Å². The molecule has 4 nitrogen and oxygen atoms in total. The second-order valence-corrected chi connectivity index (χ2v) is 6.23. The SMILES string of the molecule is O=C1NC(=S)SC1=Cc1ccccc1N1CCOCC1. The van der Waals surface area contributed by atoms with E-state index in [-0.39, 0.29) is 5.91 Å². The average molecular weight is 306 g/mol. The van der Waals surface area contributed by atoms with Gasteiger partial charge in [0.2, 0.25) is 0 Å². The number of anilines is 1. The van der Waals surface area contributed by atoms with Gasteiger partial charge in [0.25, 0.3) is 5.91 Å². The van der Waals surface area contributed by atoms with Gasteiger partial charge in [0.1, 0.15) is 4.32 Å². The molecule has 2 heterocycles. The highest BCUT2D eigenvalue weighted by atomic mass is 32.2. The first-order chi connectivity index (χ1) is 9.74. The minimum atomic E-state index is -0.114. The number of carbonyl (C=O) groups excluding carboxylic acids is 1. The zero-order valence-corrected chi connectivity index (χ0v) is 12.4. The van der Waals surface area contributed by atoms with Crippen molar-refractivity contribution in [2.45, 2.75) is 0 Å². The van der Waals surface area contributed by atoms with E-state index in [0.717, 1.165) is 37.6 Å². The Morgan fingerprint density at radius 3 is 2.75 bits per heavy atom. The van der Waals surface area contributed by atoms with Gasteiger partial charge in [-0.2, -0.15) is 0 Å². The molecule has 0 aliphatic carbocycles. The largest absolute Gasteiger partial charge is 0.378 e. The van der Waals surface area contributed by atoms with Crippen LogP contribution in [0.4, 0.5) is 5.69 Å². The van der Waals surface area contributed by atoms with Gasteiger partial charge in [-0.1, -0.05) is 42.2 Å². The second-order valence-electron chi connectivity index (χ2n) is 4.51. The molecule has 0 aromatic heterocycles. The molecular formula is C14H14N2O2S2. The molecule has 1 N–H and O–H groups in total. The fourth-order valence-corrected chi connectivity index (χ4v) is 3.30. The van der Waals surface area contributed by atoms with E-state index < -0.39 is 0 Å². The number of benzene rings is 1. The summed E-state index contributed by atoms with van der Waals surface area (Å²) in [7, 11) is 0. The van der Waals surface area contributed by atoms with E-state index in [4.69, 9.17) is 17.0 Å². The third-order valence-corrected chi connectivity index (χ3v) is 4.38. The van der Waals surface area contributed by atoms with Crippen molar-refractivity contribution in [2.75, 3.05) is 31.2 Å². The summed E-state index contributed by atoms with van der Waals surface area (Å²) in [6.45, 7) is 3.23. The number of hydrogen-bond acceptors (Lipinski definition) is 5. The average Bonchev–Trinajstić information content (AvgIpc) is 2.78. The first-order valence-corrected chi connectivity index (χ1v) is 7.63. The van der Waals surface area contributed by atoms with Crippen LogP contribution in [0, 0.1) is 0 Å². The number of para-hydroxylation sites is 1. The minimum absolute atomic E-state index is 0.114. The molecule has 6 heteroatoms. The highest BCUT2D eigenvalue weighted by Gasteiger charge is 2.23. The third kappa shape index (κ3) is 2.87. The van der Waals surface area contributed by atoms with E-state index >= 15 is 0 Å². The molecule has 2 fully saturated rings. The summed E-state index contributed by atoms with van der Waals surface area (Å²) in [6, 6.07) is 8.09. The smallest absolute Gasteiger partial charge is 0.263 e. The highest BCUT2D eigenvalue weighted by Crippen LogP contribution is 2.30. The lowest BCUT2D eigenvalue weighted by molar-refractivity contribution is -0.115. The zero-order chi connectivity index (χ0) is 13.9. The monoisotopic (exact) mass is 306 g/mol. The zero-order valence-electron chi connectivity index (χ0n) is 10.8. The molecule has 0 atom stereocenters. The van der Waals surface area contributed by atoms with Gasteiger partial charge in [-0.15, -0.1) is 0 Å². The summed E-state index contributed by atoms with van der Waals surface area (Å²) >= 11 is 6.32. The maximum Gasteiger partial charge on any atom is 0.263 e. The molecule has 2 aliphatic rings. The lowest BCUT2D eigenvalue weighted by atomic mass is 10.1. The van der Waals surface area contributed by atoms with Crippen LogP contribution in [-0.2, 0) is 9.53 Å². The second kappa shape index (κ2) is 5.95. The lowest BCUT2D eigenvalue weighted by Crippen LogP contribution is -2.36. The predicted molar refractivity (Wildman–Crippen MR) is 85.8 cm³/mol. The van der Waals surface area contributed by atoms with E-state index in [1.807, 2.05) is 24.3 Å². The summed E-state index contributed by atoms with van der Waals surface area (Å²) in [4.78, 5) is 14.7. The van der Waals surface area contributed by atoms with Crippen molar-refractivity contribution >= 4 is 46.0 Å². The number of carbonyl (C=O) groups is 1. The molecule has 20 heavy (non-hydrogen) atoms. The standard InChI is InChI=1S/C14H14N2O2S2/c17-13-12(20-14(19)15-13)9-10-3-1-2-4-11(10)16-5-7-18-8-6-16/h1-4,9H,5-8H2,(H,15,17,19). The van der Waals surface area contributed by atoms with E-state index in [9.17, 15) is 4.79 Å². The van der Waals surface area contributed by atoms with E-state index in [2.05, 4.69) is 16.3 Å². The minimum Gasteiger partial charge on any atom is -0.378 e. The predicted octanol–water partition coefficient (Wildman–Crippen LogP) is 2.01. The Hall–Kier alpha value is -1.37. The van der Waals surface area contributed by atoms with Crippen molar-refractivity contribution in [1.82, 2.24) is 5.32 Å². The highest BCUT2D eigenvalue weighted by molar-refractivity contribution is 8.26. The quantitative estimate of drug-likeness (QED) is 0.669. The van der Waals surface area contributed by atoms with Crippen LogP contribution in [0.5, 0.6) is 0 Å². The first kappa shape index (κ1) is 13.6. The Labute approximate surface area is 127 Å². The topological polar surface area (TPSA) is 41.6 Å². The van der Waals surface area contributed by atoms with E-state index in [0.29, 0.717) is 9.23 Å². The van der Waals surface area contributed by atoms with Crippen molar-refractivity contribution in [3.63, 3.8) is 0 Å². The molecule has 1 aromatic carbocycles. The molecule has 2 aliphatic heterocycles. The first-order valence-electron chi connectivity index (χ1n) is 6.40. The van der Waals surface area contributed by atoms with Crippen molar-refractivity contribution in [3.8, 4) is 0 Å². The van der Waals surface area contributed by atoms with Gasteiger partial charge in [-0.05, 0) is 17.7 Å². The molecule has 0 unspecified atom stereocenters. The molecule has 1 aromatic rings. The third-order valence-electron chi connectivity index (χ3n) is 3.22. The van der Waals surface area contributed by atoms with Crippen molar-refractivity contribution in [2.24, 2.45) is 0 Å². The molecule has 0 saturated carbocycles. The van der Waals surface area contributed by atoms with Gasteiger partial charge in [0.05, 0.1) is 18.1 Å². The van der Waals surface area contributed by atoms with Crippen LogP contribution < -0.4 is 10.2 Å². The van der Waals surface area contributed by atoms with Crippen molar-refractivity contribution in [3.05, 3.63) is 34.7 Å². The van der Waals surface area contributed by atoms with Gasteiger partial charge in [0.15, 0.2) is 0 Å². The number of morpholine rings is 1. The van der Waals surface area contributed by atoms with Crippen LogP contribution in [0.3, 0.4) is 0 Å². The number of rotatable bonds is 2. The van der Waals surface area contributed by atoms with Gasteiger partial charge >= 0.3 is 0 Å². The Morgan fingerprint density at radius 1 is 1.30 bits per heavy atom. The van der Waals surface area contributed by atoms with E-state index in [1.54, 1.807) is 0 Å². The normalized spacial score (nSPS) is 21.4. The number of hydrogen-bond donors (Lipinski definition) is 1. The van der Waals surface area contributed by atoms with E-state index in [1.165, 1.54) is 11.8 Å². The number of nitrogens with zero attached hydrogens (tertiary/aromatic N) is 1. The summed E-state index contributed by atoms with van der Waals surface area (Å²) < 4.78 is 5.90. The summed E-state index contributed by atoms with van der Waals surface area (Å²) in [5.41, 5.74) is 2.17. The maximum atomic E-state index is 11.8. The molecule has 104 valence electrons. The van der Waals surface area contributed by atoms with Crippen LogP contribution in [0.2, 0.25) is 0 Å². The van der Waals surface area contributed by atoms with Crippen molar-refractivity contribution < 1.29 is 9.53 Å². The number of ether oxygens (including phenoxy) is 1. The Balaban J connectivity index is 1.91. The van der Waals surface area contributed by atoms with Crippen LogP contribution in [0.1, 0.15) is 5.56 Å². The number of nitrogens with one attached hydrogen (secondary N) is 1. The molecule has 0 bridgehead atoms. The summed E-state index contributed by atoms with van der Waals surface area (Å²) in [5, 5.41) is 2.64. The number of amides is 1. The molecule has 0 spiro atoms. The number of thiocarbonyl (C=S) groups is 1. The van der Waals surface area contributed by atoms with Gasteiger partial charge in [-0.25, -0.2) is 0 Å². The fraction of sp³-hybridized carbons (Fsp3) is 0.286. The maximum absolute atomic E-state index is 11.8. The Morgan fingerprint density at radius 2 is 2.05 bits per heavy atom. The molecule has 1 amide bonds. The molecule has 0 radical (unpaired) electrons. The van der Waals surface area contributed by atoms with Gasteiger partial charge in [-0.3, -0.25) is 4.79 Å². The fourth-order valence-electron chi connectivity index (χ4n) is 2.26. The van der Waals surface area contributed by atoms with Gasteiger partial charge in [0, 0.05) is 18.8 Å². The summed E-state index contributed by atoms with van der Waals surface area (Å²) in [5.74, 6) is -0.114.